The van der Waals surface area contributed by atoms with E-state index in [0.29, 0.717) is 0 Å². The molecule has 2 aromatic carbocycles. The molecule has 0 spiro atoms. The monoisotopic (exact) mass is 536 g/mol. The Hall–Kier alpha value is -3.17. The van der Waals surface area contributed by atoms with Gasteiger partial charge in [0.15, 0.2) is 0 Å². The highest BCUT2D eigenvalue weighted by Crippen LogP contribution is 2.34. The van der Waals surface area contributed by atoms with Crippen molar-refractivity contribution in [3.8, 4) is 5.75 Å². The highest BCUT2D eigenvalue weighted by Gasteiger charge is 2.45. The van der Waals surface area contributed by atoms with E-state index in [-0.39, 0.29) is 5.69 Å². The van der Waals surface area contributed by atoms with Crippen LogP contribution in [0.4, 0.5) is 45.6 Å². The summed E-state index contributed by atoms with van der Waals surface area (Å²) in [7, 11) is 0. The number of carbonyl (C=O) groups is 2. The van der Waals surface area contributed by atoms with Gasteiger partial charge in [-0.1, -0.05) is 17.7 Å². The van der Waals surface area contributed by atoms with Crippen molar-refractivity contribution >= 4 is 29.2 Å². The number of ether oxygens (including phenoxy) is 3. The van der Waals surface area contributed by atoms with Crippen molar-refractivity contribution in [1.29, 1.82) is 0 Å². The summed E-state index contributed by atoms with van der Waals surface area (Å²) in [6.45, 7) is -2.43. The fourth-order valence-electron chi connectivity index (χ4n) is 2.30. The van der Waals surface area contributed by atoms with Crippen molar-refractivity contribution in [1.82, 2.24) is 5.32 Å². The third-order valence-electron chi connectivity index (χ3n) is 3.73. The molecule has 0 aromatic heterocycles. The summed E-state index contributed by atoms with van der Waals surface area (Å²) in [4.78, 5) is 23.8. The van der Waals surface area contributed by atoms with E-state index in [1.807, 2.05) is 5.32 Å². The van der Waals surface area contributed by atoms with Crippen molar-refractivity contribution in [2.75, 3.05) is 18.5 Å². The second-order valence-electron chi connectivity index (χ2n) is 6.30. The zero-order valence-corrected chi connectivity index (χ0v) is 17.7. The number of rotatable bonds is 9. The molecular formula is C19H13ClF8N2O5. The predicted octanol–water partition coefficient (Wildman–Crippen LogP) is 5.40. The standard InChI is InChI=1S/C19H13ClF8N2O5/c20-10-8-9(29-17(32)30-15(31)14-11(21)2-1-3-12(14)22)4-5-13(10)35-18(24,25)16(23)33-6-7-34-19(26,27)28/h1-5,8,16H,6-7H2,(H2,29,30,31,32). The van der Waals surface area contributed by atoms with Crippen LogP contribution in [0.15, 0.2) is 36.4 Å². The highest BCUT2D eigenvalue weighted by molar-refractivity contribution is 6.32. The average molecular weight is 537 g/mol. The van der Waals surface area contributed by atoms with Gasteiger partial charge in [0.2, 0.25) is 0 Å². The number of imide groups is 1. The number of anilines is 1. The molecule has 192 valence electrons. The largest absolute Gasteiger partial charge is 0.522 e. The Bertz CT molecular complexity index is 1050. The minimum atomic E-state index is -5.06. The quantitative estimate of drug-likeness (QED) is 0.331. The Labute approximate surface area is 195 Å². The van der Waals surface area contributed by atoms with Crippen LogP contribution in [0, 0.1) is 11.6 Å². The van der Waals surface area contributed by atoms with Gasteiger partial charge in [0, 0.05) is 5.69 Å². The third-order valence-corrected chi connectivity index (χ3v) is 4.03. The molecule has 7 nitrogen and oxygen atoms in total. The molecule has 0 saturated heterocycles. The van der Waals surface area contributed by atoms with E-state index in [9.17, 15) is 44.7 Å². The molecule has 0 aliphatic rings. The zero-order chi connectivity index (χ0) is 26.4. The second kappa shape index (κ2) is 11.5. The average Bonchev–Trinajstić information content (AvgIpc) is 2.72. The molecule has 0 fully saturated rings. The van der Waals surface area contributed by atoms with Gasteiger partial charge in [-0.05, 0) is 30.3 Å². The predicted molar refractivity (Wildman–Crippen MR) is 103 cm³/mol. The van der Waals surface area contributed by atoms with Gasteiger partial charge in [-0.2, -0.15) is 8.78 Å². The van der Waals surface area contributed by atoms with Gasteiger partial charge in [-0.3, -0.25) is 14.8 Å². The maximum absolute atomic E-state index is 13.8. The van der Waals surface area contributed by atoms with Gasteiger partial charge >= 0.3 is 24.9 Å². The molecule has 16 heteroatoms. The van der Waals surface area contributed by atoms with Crippen LogP contribution in [0.2, 0.25) is 5.02 Å². The number of hydrogen-bond acceptors (Lipinski definition) is 5. The molecular weight excluding hydrogens is 524 g/mol. The number of carbonyl (C=O) groups excluding carboxylic acids is 2. The normalized spacial score (nSPS) is 12.7. The number of hydrogen-bond donors (Lipinski definition) is 2. The van der Waals surface area contributed by atoms with E-state index in [1.54, 1.807) is 5.32 Å². The summed E-state index contributed by atoms with van der Waals surface area (Å²) in [5.41, 5.74) is -1.23. The Morgan fingerprint density at radius 3 is 2.20 bits per heavy atom. The maximum atomic E-state index is 13.8. The fourth-order valence-corrected chi connectivity index (χ4v) is 2.52. The molecule has 1 atom stereocenters. The summed E-state index contributed by atoms with van der Waals surface area (Å²) in [6.07, 6.45) is -13.2. The SMILES string of the molecule is O=C(NC(=O)c1c(F)cccc1F)Nc1ccc(OC(F)(F)C(F)OCCOC(F)(F)F)c(Cl)c1. The Morgan fingerprint density at radius 2 is 1.63 bits per heavy atom. The molecule has 2 aromatic rings. The van der Waals surface area contributed by atoms with Crippen LogP contribution in [-0.4, -0.2) is 44.0 Å². The first-order chi connectivity index (χ1) is 16.2. The maximum Gasteiger partial charge on any atom is 0.522 e. The molecule has 2 N–H and O–H groups in total. The molecule has 0 radical (unpaired) electrons. The molecule has 0 aliphatic heterocycles. The van der Waals surface area contributed by atoms with Gasteiger partial charge in [0.1, 0.15) is 22.9 Å². The lowest BCUT2D eigenvalue weighted by Gasteiger charge is -2.22. The third kappa shape index (κ3) is 8.52. The lowest BCUT2D eigenvalue weighted by Crippen LogP contribution is -2.39. The number of amides is 3. The summed E-state index contributed by atoms with van der Waals surface area (Å²) in [6, 6.07) is 3.81. The summed E-state index contributed by atoms with van der Waals surface area (Å²) >= 11 is 5.74. The van der Waals surface area contributed by atoms with E-state index in [4.69, 9.17) is 11.6 Å². The number of urea groups is 1. The van der Waals surface area contributed by atoms with Crippen molar-refractivity contribution in [2.45, 2.75) is 18.8 Å². The second-order valence-corrected chi connectivity index (χ2v) is 6.70. The summed E-state index contributed by atoms with van der Waals surface area (Å²) < 4.78 is 115. The van der Waals surface area contributed by atoms with Gasteiger partial charge < -0.3 is 14.8 Å². The van der Waals surface area contributed by atoms with Gasteiger partial charge in [-0.15, -0.1) is 13.2 Å². The Kier molecular flexibility index (Phi) is 9.23. The van der Waals surface area contributed by atoms with E-state index >= 15 is 0 Å². The highest BCUT2D eigenvalue weighted by atomic mass is 35.5. The van der Waals surface area contributed by atoms with E-state index < -0.39 is 72.0 Å². The minimum Gasteiger partial charge on any atom is -0.427 e. The first-order valence-electron chi connectivity index (χ1n) is 9.08. The molecule has 1 unspecified atom stereocenters. The topological polar surface area (TPSA) is 85.9 Å². The van der Waals surface area contributed by atoms with Crippen molar-refractivity contribution in [2.24, 2.45) is 0 Å². The van der Waals surface area contributed by atoms with Crippen LogP contribution in [0.1, 0.15) is 10.4 Å². The summed E-state index contributed by atoms with van der Waals surface area (Å²) in [5, 5.41) is 3.08. The number of benzene rings is 2. The van der Waals surface area contributed by atoms with Crippen molar-refractivity contribution in [3.63, 3.8) is 0 Å². The molecule has 35 heavy (non-hydrogen) atoms. The minimum absolute atomic E-state index is 0.206. The Morgan fingerprint density at radius 1 is 1.00 bits per heavy atom. The first kappa shape index (κ1) is 28.1. The molecule has 0 saturated carbocycles. The lowest BCUT2D eigenvalue weighted by atomic mass is 10.2. The molecule has 0 aliphatic carbocycles. The molecule has 0 heterocycles. The number of halogens is 9. The fraction of sp³-hybridized carbons (Fsp3) is 0.263. The van der Waals surface area contributed by atoms with Crippen molar-refractivity contribution < 1.29 is 58.9 Å². The Balaban J connectivity index is 1.95. The van der Waals surface area contributed by atoms with Crippen LogP contribution in [0.5, 0.6) is 5.75 Å². The van der Waals surface area contributed by atoms with E-state index in [2.05, 4.69) is 14.2 Å². The van der Waals surface area contributed by atoms with Gasteiger partial charge in [0.05, 0.1) is 18.2 Å². The van der Waals surface area contributed by atoms with Gasteiger partial charge in [-0.25, -0.2) is 18.0 Å². The van der Waals surface area contributed by atoms with Crippen LogP contribution in [0.25, 0.3) is 0 Å². The molecule has 0 bridgehead atoms. The molecule has 3 amide bonds. The first-order valence-corrected chi connectivity index (χ1v) is 9.46. The van der Waals surface area contributed by atoms with E-state index in [0.717, 1.165) is 36.4 Å². The van der Waals surface area contributed by atoms with Gasteiger partial charge in [0.25, 0.3) is 5.91 Å². The number of alkyl halides is 6. The van der Waals surface area contributed by atoms with Crippen LogP contribution >= 0.6 is 11.6 Å². The van der Waals surface area contributed by atoms with E-state index in [1.165, 1.54) is 0 Å². The zero-order valence-electron chi connectivity index (χ0n) is 16.9. The van der Waals surface area contributed by atoms with Crippen LogP contribution in [-0.2, 0) is 9.47 Å². The van der Waals surface area contributed by atoms with Crippen LogP contribution < -0.4 is 15.4 Å². The summed E-state index contributed by atoms with van der Waals surface area (Å²) in [5.74, 6) is -4.70. The lowest BCUT2D eigenvalue weighted by molar-refractivity contribution is -0.335. The molecule has 2 rings (SSSR count). The smallest absolute Gasteiger partial charge is 0.427 e. The number of nitrogens with one attached hydrogen (secondary N) is 2. The van der Waals surface area contributed by atoms with Crippen LogP contribution in [0.3, 0.4) is 0 Å². The van der Waals surface area contributed by atoms with Crippen molar-refractivity contribution in [3.05, 3.63) is 58.6 Å².